The summed E-state index contributed by atoms with van der Waals surface area (Å²) in [6, 6.07) is 0. The van der Waals surface area contributed by atoms with Gasteiger partial charge in [-0.2, -0.15) is 0 Å². The largest absolute Gasteiger partial charge is 0.481 e. The van der Waals surface area contributed by atoms with E-state index in [1.807, 2.05) is 13.8 Å². The summed E-state index contributed by atoms with van der Waals surface area (Å²) >= 11 is 0. The third-order valence-corrected chi connectivity index (χ3v) is 4.49. The molecule has 2 atom stereocenters. The Balaban J connectivity index is 2.62. The van der Waals surface area contributed by atoms with Crippen molar-refractivity contribution in [2.24, 2.45) is 23.2 Å². The van der Waals surface area contributed by atoms with Crippen LogP contribution < -0.4 is 0 Å². The molecule has 0 heterocycles. The van der Waals surface area contributed by atoms with Gasteiger partial charge in [-0.25, -0.2) is 4.79 Å². The van der Waals surface area contributed by atoms with Crippen molar-refractivity contribution in [1.82, 2.24) is 0 Å². The first-order valence-corrected chi connectivity index (χ1v) is 7.16. The van der Waals surface area contributed by atoms with Crippen LogP contribution in [0.5, 0.6) is 0 Å². The van der Waals surface area contributed by atoms with E-state index < -0.39 is 23.3 Å². The van der Waals surface area contributed by atoms with Crippen molar-refractivity contribution in [3.63, 3.8) is 0 Å². The van der Waals surface area contributed by atoms with Gasteiger partial charge in [0.15, 0.2) is 0 Å². The number of hydrogen-bond donors (Lipinski definition) is 2. The van der Waals surface area contributed by atoms with Gasteiger partial charge in [0.25, 0.3) is 0 Å². The van der Waals surface area contributed by atoms with Crippen molar-refractivity contribution in [3.8, 4) is 0 Å². The molecule has 20 heavy (non-hydrogen) atoms. The predicted molar refractivity (Wildman–Crippen MR) is 75.2 cm³/mol. The predicted octanol–water partition coefficient (Wildman–Crippen LogP) is 3.10. The minimum absolute atomic E-state index is 0.178. The van der Waals surface area contributed by atoms with Crippen molar-refractivity contribution in [3.05, 3.63) is 23.3 Å². The average Bonchev–Trinajstić information content (AvgIpc) is 3.10. The number of carboxylic acid groups (broad SMARTS) is 2. The number of allylic oxidation sites excluding steroid dienone is 2. The first kappa shape index (κ1) is 14.8. The van der Waals surface area contributed by atoms with Crippen LogP contribution in [0.25, 0.3) is 0 Å². The lowest BCUT2D eigenvalue weighted by Gasteiger charge is -2.42. The van der Waals surface area contributed by atoms with E-state index >= 15 is 0 Å². The Bertz CT molecular complexity index is 497. The summed E-state index contributed by atoms with van der Waals surface area (Å²) in [4.78, 5) is 23.5. The molecule has 1 fully saturated rings. The standard InChI is InChI=1S/C16H22O4/c1-9(2)8-16(11-5-6-11)12(14(17)18)7-4-10(3)13(16)15(19)20/h4,7,9,11-12H,5-6,8H2,1-3H3,(H,17,18)(H,19,20). The maximum atomic E-state index is 11.8. The third kappa shape index (κ3) is 2.28. The summed E-state index contributed by atoms with van der Waals surface area (Å²) < 4.78 is 0. The Morgan fingerprint density at radius 3 is 2.35 bits per heavy atom. The van der Waals surface area contributed by atoms with Gasteiger partial charge in [0, 0.05) is 11.0 Å². The third-order valence-electron chi connectivity index (χ3n) is 4.49. The molecule has 0 aromatic heterocycles. The Morgan fingerprint density at radius 2 is 1.95 bits per heavy atom. The van der Waals surface area contributed by atoms with Crippen LogP contribution in [0.3, 0.4) is 0 Å². The molecular formula is C16H22O4. The van der Waals surface area contributed by atoms with Gasteiger partial charge in [0.05, 0.1) is 5.92 Å². The van der Waals surface area contributed by atoms with Crippen LogP contribution >= 0.6 is 0 Å². The first-order chi connectivity index (χ1) is 9.30. The molecule has 2 aliphatic rings. The molecule has 2 N–H and O–H groups in total. The molecule has 0 amide bonds. The number of aliphatic carboxylic acids is 2. The molecule has 0 spiro atoms. The average molecular weight is 278 g/mol. The zero-order valence-electron chi connectivity index (χ0n) is 12.2. The molecule has 0 aliphatic heterocycles. The van der Waals surface area contributed by atoms with Crippen molar-refractivity contribution in [1.29, 1.82) is 0 Å². The molecule has 0 radical (unpaired) electrons. The smallest absolute Gasteiger partial charge is 0.332 e. The second kappa shape index (κ2) is 5.08. The summed E-state index contributed by atoms with van der Waals surface area (Å²) in [5.41, 5.74) is 0.274. The number of carbonyl (C=O) groups is 2. The molecule has 0 saturated heterocycles. The van der Waals surface area contributed by atoms with E-state index in [1.54, 1.807) is 19.1 Å². The van der Waals surface area contributed by atoms with Gasteiger partial charge in [0.1, 0.15) is 0 Å². The summed E-state index contributed by atoms with van der Waals surface area (Å²) in [6.07, 6.45) is 5.80. The van der Waals surface area contributed by atoms with Crippen LogP contribution in [-0.2, 0) is 9.59 Å². The van der Waals surface area contributed by atoms with E-state index in [0.29, 0.717) is 17.6 Å². The second-order valence-corrected chi connectivity index (χ2v) is 6.45. The van der Waals surface area contributed by atoms with E-state index in [4.69, 9.17) is 0 Å². The topological polar surface area (TPSA) is 74.6 Å². The molecule has 0 bridgehead atoms. The highest BCUT2D eigenvalue weighted by molar-refractivity contribution is 5.92. The van der Waals surface area contributed by atoms with E-state index in [9.17, 15) is 19.8 Å². The summed E-state index contributed by atoms with van der Waals surface area (Å²) in [6.45, 7) is 5.82. The van der Waals surface area contributed by atoms with Crippen molar-refractivity contribution in [2.45, 2.75) is 40.0 Å². The summed E-state index contributed by atoms with van der Waals surface area (Å²) in [7, 11) is 0. The van der Waals surface area contributed by atoms with Crippen LogP contribution in [0, 0.1) is 23.2 Å². The van der Waals surface area contributed by atoms with E-state index in [-0.39, 0.29) is 11.8 Å². The molecule has 110 valence electrons. The maximum absolute atomic E-state index is 11.8. The fraction of sp³-hybridized carbons (Fsp3) is 0.625. The highest BCUT2D eigenvalue weighted by Crippen LogP contribution is 2.60. The van der Waals surface area contributed by atoms with E-state index in [2.05, 4.69) is 0 Å². The van der Waals surface area contributed by atoms with E-state index in [0.717, 1.165) is 12.8 Å². The van der Waals surface area contributed by atoms with Gasteiger partial charge in [0.2, 0.25) is 0 Å². The van der Waals surface area contributed by atoms with Crippen LogP contribution in [0.15, 0.2) is 23.3 Å². The van der Waals surface area contributed by atoms with Crippen molar-refractivity contribution in [2.75, 3.05) is 0 Å². The first-order valence-electron chi connectivity index (χ1n) is 7.16. The molecule has 4 heteroatoms. The van der Waals surface area contributed by atoms with E-state index in [1.165, 1.54) is 0 Å². The lowest BCUT2D eigenvalue weighted by Crippen LogP contribution is -2.44. The minimum Gasteiger partial charge on any atom is -0.481 e. The van der Waals surface area contributed by atoms with Gasteiger partial charge < -0.3 is 10.2 Å². The maximum Gasteiger partial charge on any atom is 0.332 e. The molecule has 1 saturated carbocycles. The van der Waals surface area contributed by atoms with Crippen LogP contribution in [0.1, 0.15) is 40.0 Å². The quantitative estimate of drug-likeness (QED) is 0.810. The zero-order valence-corrected chi connectivity index (χ0v) is 12.2. The number of hydrogen-bond acceptors (Lipinski definition) is 2. The Kier molecular flexibility index (Phi) is 3.76. The second-order valence-electron chi connectivity index (χ2n) is 6.45. The Hall–Kier alpha value is -1.58. The molecule has 2 aliphatic carbocycles. The van der Waals surface area contributed by atoms with Crippen molar-refractivity contribution >= 4 is 11.9 Å². The van der Waals surface area contributed by atoms with Gasteiger partial charge >= 0.3 is 11.9 Å². The SMILES string of the molecule is CC1=C(C(=O)O)C(CC(C)C)(C2CC2)C(C(=O)O)C=C1. The zero-order chi connectivity index (χ0) is 15.1. The Morgan fingerprint density at radius 1 is 1.35 bits per heavy atom. The minimum atomic E-state index is -0.967. The molecule has 4 nitrogen and oxygen atoms in total. The molecule has 2 unspecified atom stereocenters. The number of rotatable bonds is 5. The summed E-state index contributed by atoms with van der Waals surface area (Å²) in [5.74, 6) is -2.18. The van der Waals surface area contributed by atoms with Crippen molar-refractivity contribution < 1.29 is 19.8 Å². The molecule has 0 aromatic carbocycles. The van der Waals surface area contributed by atoms with Gasteiger partial charge in [-0.3, -0.25) is 4.79 Å². The normalized spacial score (nSPS) is 29.9. The molecule has 2 rings (SSSR count). The van der Waals surface area contributed by atoms with Crippen LogP contribution in [0.4, 0.5) is 0 Å². The lowest BCUT2D eigenvalue weighted by molar-refractivity contribution is -0.145. The van der Waals surface area contributed by atoms with Crippen LogP contribution in [0.2, 0.25) is 0 Å². The lowest BCUT2D eigenvalue weighted by atomic mass is 9.59. The molecular weight excluding hydrogens is 256 g/mol. The molecule has 0 aromatic rings. The van der Waals surface area contributed by atoms with Gasteiger partial charge in [-0.1, -0.05) is 26.0 Å². The number of carboxylic acids is 2. The fourth-order valence-corrected chi connectivity index (χ4v) is 3.82. The van der Waals surface area contributed by atoms with Gasteiger partial charge in [-0.05, 0) is 43.6 Å². The highest BCUT2D eigenvalue weighted by Gasteiger charge is 2.57. The monoisotopic (exact) mass is 278 g/mol. The highest BCUT2D eigenvalue weighted by atomic mass is 16.4. The fourth-order valence-electron chi connectivity index (χ4n) is 3.82. The summed E-state index contributed by atoms with van der Waals surface area (Å²) in [5, 5.41) is 19.2. The van der Waals surface area contributed by atoms with Crippen LogP contribution in [-0.4, -0.2) is 22.2 Å². The Labute approximate surface area is 119 Å². The van der Waals surface area contributed by atoms with Gasteiger partial charge in [-0.15, -0.1) is 0 Å².